The summed E-state index contributed by atoms with van der Waals surface area (Å²) in [7, 11) is 0. The molecule has 0 aromatic heterocycles. The number of thiocarbonyl (C=S) groups is 1. The van der Waals surface area contributed by atoms with Gasteiger partial charge in [0.2, 0.25) is 12.7 Å². The summed E-state index contributed by atoms with van der Waals surface area (Å²) in [6.07, 6.45) is 0.971. The van der Waals surface area contributed by atoms with E-state index in [4.69, 9.17) is 26.8 Å². The first-order chi connectivity index (χ1) is 14.5. The Morgan fingerprint density at radius 2 is 1.93 bits per heavy atom. The average molecular weight is 425 g/mol. The number of nitrogens with zero attached hydrogens (tertiary/aromatic N) is 2. The molecule has 2 aromatic rings. The third kappa shape index (κ3) is 3.82. The molecule has 0 bridgehead atoms. The van der Waals surface area contributed by atoms with Crippen LogP contribution in [0.3, 0.4) is 0 Å². The summed E-state index contributed by atoms with van der Waals surface area (Å²) in [5.74, 6) is 1.34. The molecule has 2 aromatic carbocycles. The summed E-state index contributed by atoms with van der Waals surface area (Å²) in [4.78, 5) is 11.3. The number of nitrogens with one attached hydrogen (secondary N) is 2. The molecule has 156 valence electrons. The first kappa shape index (κ1) is 20.2. The van der Waals surface area contributed by atoms with Gasteiger partial charge in [-0.05, 0) is 55.4 Å². The van der Waals surface area contributed by atoms with Crippen molar-refractivity contribution in [2.75, 3.05) is 18.7 Å². The molecule has 0 saturated heterocycles. The molecule has 0 saturated carbocycles. The van der Waals surface area contributed by atoms with Gasteiger partial charge in [0.15, 0.2) is 16.6 Å². The minimum atomic E-state index is -0.108. The van der Waals surface area contributed by atoms with Crippen LogP contribution in [-0.4, -0.2) is 35.1 Å². The van der Waals surface area contributed by atoms with Crippen LogP contribution in [0.4, 0.5) is 5.69 Å². The van der Waals surface area contributed by atoms with Crippen molar-refractivity contribution >= 4 is 34.6 Å². The van der Waals surface area contributed by atoms with Crippen molar-refractivity contribution in [3.8, 4) is 11.5 Å². The van der Waals surface area contributed by atoms with Crippen LogP contribution in [0.1, 0.15) is 49.9 Å². The monoisotopic (exact) mass is 424 g/mol. The Balaban J connectivity index is 1.77. The molecule has 2 aliphatic rings. The maximum absolute atomic E-state index is 11.3. The first-order valence-corrected chi connectivity index (χ1v) is 10.4. The molecule has 0 fully saturated rings. The zero-order valence-corrected chi connectivity index (χ0v) is 18.0. The van der Waals surface area contributed by atoms with Crippen LogP contribution in [0.2, 0.25) is 0 Å². The Labute approximate surface area is 181 Å². The molecule has 30 heavy (non-hydrogen) atoms. The number of hydrogen-bond donors (Lipinski definition) is 2. The zero-order chi connectivity index (χ0) is 21.3. The van der Waals surface area contributed by atoms with Crippen LogP contribution in [0.15, 0.2) is 41.5 Å². The summed E-state index contributed by atoms with van der Waals surface area (Å²) in [6, 6.07) is 11.5. The molecule has 2 heterocycles. The molecular formula is C22H24N4O3S. The van der Waals surface area contributed by atoms with Crippen molar-refractivity contribution in [1.29, 1.82) is 0 Å². The lowest BCUT2D eigenvalue weighted by Gasteiger charge is -2.34. The lowest BCUT2D eigenvalue weighted by atomic mass is 9.91. The number of rotatable bonds is 4. The fraction of sp³-hybridized carbons (Fsp3) is 0.318. The van der Waals surface area contributed by atoms with Crippen LogP contribution in [0.25, 0.3) is 0 Å². The first-order valence-electron chi connectivity index (χ1n) is 9.95. The average Bonchev–Trinajstić information content (AvgIpc) is 3.19. The number of hydrazone groups is 1. The van der Waals surface area contributed by atoms with Gasteiger partial charge in [-0.2, -0.15) is 5.10 Å². The van der Waals surface area contributed by atoms with Gasteiger partial charge in [0.1, 0.15) is 0 Å². The van der Waals surface area contributed by atoms with Gasteiger partial charge in [-0.25, -0.2) is 5.01 Å². The Kier molecular flexibility index (Phi) is 5.59. The summed E-state index contributed by atoms with van der Waals surface area (Å²) in [6.45, 7) is 6.65. The molecule has 0 radical (unpaired) electrons. The van der Waals surface area contributed by atoms with Crippen LogP contribution >= 0.6 is 12.2 Å². The normalized spacial score (nSPS) is 16.6. The molecule has 2 N–H and O–H groups in total. The van der Waals surface area contributed by atoms with Gasteiger partial charge in [0, 0.05) is 30.3 Å². The number of carbonyl (C=O) groups excluding carboxylic acids is 1. The molecule has 2 aliphatic heterocycles. The smallest absolute Gasteiger partial charge is 0.231 e. The topological polar surface area (TPSA) is 75.2 Å². The van der Waals surface area contributed by atoms with E-state index in [9.17, 15) is 4.79 Å². The number of benzene rings is 2. The van der Waals surface area contributed by atoms with E-state index in [0.717, 1.165) is 46.8 Å². The Hall–Kier alpha value is -3.13. The van der Waals surface area contributed by atoms with Crippen molar-refractivity contribution in [3.63, 3.8) is 0 Å². The fourth-order valence-corrected chi connectivity index (χ4v) is 3.85. The number of carbonyl (C=O) groups is 1. The molecule has 1 atom stereocenters. The second-order valence-electron chi connectivity index (χ2n) is 7.25. The van der Waals surface area contributed by atoms with Gasteiger partial charge in [-0.15, -0.1) is 0 Å². The van der Waals surface area contributed by atoms with E-state index in [1.165, 1.54) is 6.92 Å². The number of anilines is 1. The summed E-state index contributed by atoms with van der Waals surface area (Å²) < 4.78 is 11.2. The maximum atomic E-state index is 11.3. The largest absolute Gasteiger partial charge is 0.454 e. The molecule has 0 spiro atoms. The standard InChI is InChI=1S/C22H24N4O3S/c1-4-9-23-22(30)26-13(2)17-10-19-20(29-12-28-19)11-18(17)21(25-26)15-5-7-16(8-6-15)24-14(3)27/h5-8,10-11,13H,4,9,12H2,1-3H3,(H,23,30)(H,24,27). The number of amides is 1. The zero-order valence-electron chi connectivity index (χ0n) is 17.2. The van der Waals surface area contributed by atoms with E-state index in [1.54, 1.807) is 0 Å². The predicted octanol–water partition coefficient (Wildman–Crippen LogP) is 3.79. The van der Waals surface area contributed by atoms with Crippen LogP contribution in [0.5, 0.6) is 11.5 Å². The van der Waals surface area contributed by atoms with Crippen molar-refractivity contribution in [1.82, 2.24) is 10.3 Å². The van der Waals surface area contributed by atoms with Crippen LogP contribution in [0, 0.1) is 0 Å². The van der Waals surface area contributed by atoms with Crippen molar-refractivity contribution < 1.29 is 14.3 Å². The maximum Gasteiger partial charge on any atom is 0.231 e. The minimum absolute atomic E-state index is 0.0613. The van der Waals surface area contributed by atoms with Crippen molar-refractivity contribution in [2.24, 2.45) is 5.10 Å². The quantitative estimate of drug-likeness (QED) is 0.728. The molecule has 1 unspecified atom stereocenters. The van der Waals surface area contributed by atoms with Gasteiger partial charge < -0.3 is 20.1 Å². The molecular weight excluding hydrogens is 400 g/mol. The number of fused-ring (bicyclic) bond motifs is 2. The lowest BCUT2D eigenvalue weighted by Crippen LogP contribution is -2.41. The number of ether oxygens (including phenoxy) is 2. The number of hydrogen-bond acceptors (Lipinski definition) is 5. The second-order valence-corrected chi connectivity index (χ2v) is 7.64. The SMILES string of the molecule is CCCNC(=S)N1N=C(c2ccc(NC(C)=O)cc2)c2cc3c(cc2C1C)OCO3. The van der Waals surface area contributed by atoms with Gasteiger partial charge in [-0.1, -0.05) is 19.1 Å². The van der Waals surface area contributed by atoms with E-state index in [0.29, 0.717) is 10.9 Å². The third-order valence-corrected chi connectivity index (χ3v) is 5.37. The van der Waals surface area contributed by atoms with Crippen LogP contribution < -0.4 is 20.1 Å². The van der Waals surface area contributed by atoms with E-state index in [-0.39, 0.29) is 18.7 Å². The summed E-state index contributed by atoms with van der Waals surface area (Å²) in [5, 5.41) is 13.4. The van der Waals surface area contributed by atoms with Crippen molar-refractivity contribution in [3.05, 3.63) is 53.1 Å². The highest BCUT2D eigenvalue weighted by atomic mass is 32.1. The highest BCUT2D eigenvalue weighted by Gasteiger charge is 2.31. The van der Waals surface area contributed by atoms with Gasteiger partial charge in [-0.3, -0.25) is 4.79 Å². The van der Waals surface area contributed by atoms with Crippen LogP contribution in [-0.2, 0) is 4.79 Å². The molecule has 0 aliphatic carbocycles. The second kappa shape index (κ2) is 8.31. The third-order valence-electron chi connectivity index (χ3n) is 5.04. The summed E-state index contributed by atoms with van der Waals surface area (Å²) >= 11 is 5.62. The molecule has 1 amide bonds. The van der Waals surface area contributed by atoms with E-state index in [1.807, 2.05) is 41.4 Å². The molecule has 8 heteroatoms. The van der Waals surface area contributed by atoms with Gasteiger partial charge >= 0.3 is 0 Å². The minimum Gasteiger partial charge on any atom is -0.454 e. The Morgan fingerprint density at radius 1 is 1.23 bits per heavy atom. The molecule has 4 rings (SSSR count). The Morgan fingerprint density at radius 3 is 2.60 bits per heavy atom. The Bertz CT molecular complexity index is 1020. The predicted molar refractivity (Wildman–Crippen MR) is 120 cm³/mol. The lowest BCUT2D eigenvalue weighted by molar-refractivity contribution is -0.114. The highest BCUT2D eigenvalue weighted by molar-refractivity contribution is 7.80. The van der Waals surface area contributed by atoms with E-state index < -0.39 is 0 Å². The highest BCUT2D eigenvalue weighted by Crippen LogP contribution is 2.41. The fourth-order valence-electron chi connectivity index (χ4n) is 3.55. The van der Waals surface area contributed by atoms with E-state index >= 15 is 0 Å². The van der Waals surface area contributed by atoms with Gasteiger partial charge in [0.05, 0.1) is 11.8 Å². The van der Waals surface area contributed by atoms with Gasteiger partial charge in [0.25, 0.3) is 0 Å². The van der Waals surface area contributed by atoms with E-state index in [2.05, 4.69) is 24.5 Å². The summed E-state index contributed by atoms with van der Waals surface area (Å²) in [5.41, 5.74) is 4.49. The van der Waals surface area contributed by atoms with Crippen molar-refractivity contribution in [2.45, 2.75) is 33.2 Å². The molecule has 7 nitrogen and oxygen atoms in total.